The predicted molar refractivity (Wildman–Crippen MR) is 98.3 cm³/mol. The standard InChI is InChI=1S/C18H20N4O2S/c1-3-21-14-5-4-9-19-16(14)22(18(21)24)13-8-10-20(11-13)17(23)15-7-6-12(2)25-15/h4-7,9,13H,3,8,10-11H2,1-2H3/t13-/m1/s1. The number of aromatic nitrogens is 3. The third-order valence-electron chi connectivity index (χ3n) is 4.81. The van der Waals surface area contributed by atoms with Gasteiger partial charge in [-0.25, -0.2) is 9.78 Å². The van der Waals surface area contributed by atoms with Gasteiger partial charge in [-0.3, -0.25) is 13.9 Å². The Bertz CT molecular complexity index is 1000. The highest BCUT2D eigenvalue weighted by Gasteiger charge is 2.31. The Hall–Kier alpha value is -2.41. The van der Waals surface area contributed by atoms with Gasteiger partial charge in [0.2, 0.25) is 0 Å². The normalized spacial score (nSPS) is 17.5. The van der Waals surface area contributed by atoms with Gasteiger partial charge in [0, 0.05) is 30.7 Å². The van der Waals surface area contributed by atoms with E-state index in [2.05, 4.69) is 4.98 Å². The molecule has 1 aliphatic heterocycles. The average Bonchev–Trinajstić information content (AvgIpc) is 3.31. The molecule has 0 saturated carbocycles. The van der Waals surface area contributed by atoms with Crippen LogP contribution in [-0.2, 0) is 6.54 Å². The van der Waals surface area contributed by atoms with Gasteiger partial charge in [0.1, 0.15) is 0 Å². The number of aryl methyl sites for hydroxylation is 2. The molecule has 6 nitrogen and oxygen atoms in total. The first-order valence-electron chi connectivity index (χ1n) is 8.51. The van der Waals surface area contributed by atoms with Crippen LogP contribution in [0.25, 0.3) is 11.2 Å². The van der Waals surface area contributed by atoms with Crippen LogP contribution in [0.1, 0.15) is 33.9 Å². The highest BCUT2D eigenvalue weighted by Crippen LogP contribution is 2.27. The molecule has 3 aromatic heterocycles. The third kappa shape index (κ3) is 2.59. The second-order valence-electron chi connectivity index (χ2n) is 6.35. The highest BCUT2D eigenvalue weighted by atomic mass is 32.1. The van der Waals surface area contributed by atoms with E-state index in [1.165, 1.54) is 11.3 Å². The molecule has 7 heteroatoms. The first-order valence-corrected chi connectivity index (χ1v) is 9.33. The lowest BCUT2D eigenvalue weighted by atomic mass is 10.2. The number of imidazole rings is 1. The van der Waals surface area contributed by atoms with Gasteiger partial charge in [0.05, 0.1) is 16.4 Å². The SMILES string of the molecule is CCn1c(=O)n([C@@H]2CCN(C(=O)c3ccc(C)s3)C2)c2ncccc21. The van der Waals surface area contributed by atoms with Gasteiger partial charge in [0.25, 0.3) is 5.91 Å². The summed E-state index contributed by atoms with van der Waals surface area (Å²) in [6.07, 6.45) is 2.49. The van der Waals surface area contributed by atoms with Crippen LogP contribution in [0.2, 0.25) is 0 Å². The molecular weight excluding hydrogens is 336 g/mol. The molecule has 4 rings (SSSR count). The summed E-state index contributed by atoms with van der Waals surface area (Å²) in [6, 6.07) is 7.60. The number of carbonyl (C=O) groups is 1. The fourth-order valence-corrected chi connectivity index (χ4v) is 4.42. The summed E-state index contributed by atoms with van der Waals surface area (Å²) in [6.45, 7) is 5.78. The lowest BCUT2D eigenvalue weighted by molar-refractivity contribution is 0.0792. The first kappa shape index (κ1) is 16.1. The van der Waals surface area contributed by atoms with Crippen LogP contribution in [0.5, 0.6) is 0 Å². The lowest BCUT2D eigenvalue weighted by Gasteiger charge is -2.16. The van der Waals surface area contributed by atoms with Crippen molar-refractivity contribution in [3.05, 3.63) is 50.7 Å². The van der Waals surface area contributed by atoms with Gasteiger partial charge in [0.15, 0.2) is 5.65 Å². The number of hydrogen-bond acceptors (Lipinski definition) is 4. The van der Waals surface area contributed by atoms with Crippen LogP contribution < -0.4 is 5.69 Å². The summed E-state index contributed by atoms with van der Waals surface area (Å²) >= 11 is 1.52. The van der Waals surface area contributed by atoms with Crippen LogP contribution in [0.3, 0.4) is 0 Å². The monoisotopic (exact) mass is 356 g/mol. The number of rotatable bonds is 3. The molecule has 3 aromatic rings. The van der Waals surface area contributed by atoms with Crippen LogP contribution >= 0.6 is 11.3 Å². The zero-order chi connectivity index (χ0) is 17.6. The van der Waals surface area contributed by atoms with Crippen molar-refractivity contribution in [3.8, 4) is 0 Å². The third-order valence-corrected chi connectivity index (χ3v) is 5.79. The lowest BCUT2D eigenvalue weighted by Crippen LogP contribution is -2.31. The molecule has 0 unspecified atom stereocenters. The number of carbonyl (C=O) groups excluding carboxylic acids is 1. The van der Waals surface area contributed by atoms with Gasteiger partial charge < -0.3 is 4.90 Å². The van der Waals surface area contributed by atoms with Crippen LogP contribution in [0.15, 0.2) is 35.3 Å². The van der Waals surface area contributed by atoms with Crippen LogP contribution in [-0.4, -0.2) is 38.0 Å². The average molecular weight is 356 g/mol. The number of amides is 1. The topological polar surface area (TPSA) is 60.1 Å². The van der Waals surface area contributed by atoms with Crippen molar-refractivity contribution in [2.45, 2.75) is 32.9 Å². The van der Waals surface area contributed by atoms with E-state index in [9.17, 15) is 9.59 Å². The zero-order valence-electron chi connectivity index (χ0n) is 14.3. The van der Waals surface area contributed by atoms with E-state index in [-0.39, 0.29) is 17.6 Å². The Balaban J connectivity index is 1.66. The zero-order valence-corrected chi connectivity index (χ0v) is 15.1. The summed E-state index contributed by atoms with van der Waals surface area (Å²) in [5.41, 5.74) is 1.52. The number of fused-ring (bicyclic) bond motifs is 1. The maximum Gasteiger partial charge on any atom is 0.330 e. The fourth-order valence-electron chi connectivity index (χ4n) is 3.59. The van der Waals surface area contributed by atoms with E-state index in [0.717, 1.165) is 21.7 Å². The second-order valence-corrected chi connectivity index (χ2v) is 7.63. The smallest absolute Gasteiger partial charge is 0.330 e. The van der Waals surface area contributed by atoms with E-state index in [1.54, 1.807) is 15.3 Å². The Kier molecular flexibility index (Phi) is 3.95. The van der Waals surface area contributed by atoms with Crippen molar-refractivity contribution >= 4 is 28.4 Å². The summed E-state index contributed by atoms with van der Waals surface area (Å²) in [5.74, 6) is 0.0563. The van der Waals surface area contributed by atoms with E-state index in [4.69, 9.17) is 0 Å². The van der Waals surface area contributed by atoms with Crippen LogP contribution in [0.4, 0.5) is 0 Å². The number of thiophene rings is 1. The summed E-state index contributed by atoms with van der Waals surface area (Å²) in [4.78, 5) is 33.7. The molecule has 0 N–H and O–H groups in total. The molecule has 130 valence electrons. The predicted octanol–water partition coefficient (Wildman–Crippen LogP) is 2.68. The van der Waals surface area contributed by atoms with Crippen molar-refractivity contribution in [2.24, 2.45) is 0 Å². The molecule has 4 heterocycles. The Morgan fingerprint density at radius 3 is 2.92 bits per heavy atom. The minimum atomic E-state index is -0.0394. The molecule has 25 heavy (non-hydrogen) atoms. The molecule has 0 spiro atoms. The van der Waals surface area contributed by atoms with Crippen molar-refractivity contribution in [1.29, 1.82) is 0 Å². The van der Waals surface area contributed by atoms with Crippen molar-refractivity contribution < 1.29 is 4.79 Å². The fraction of sp³-hybridized carbons (Fsp3) is 0.389. The van der Waals surface area contributed by atoms with Gasteiger partial charge in [-0.15, -0.1) is 11.3 Å². The molecule has 1 aliphatic rings. The van der Waals surface area contributed by atoms with Gasteiger partial charge in [-0.2, -0.15) is 0 Å². The van der Waals surface area contributed by atoms with E-state index in [0.29, 0.717) is 25.3 Å². The molecule has 1 saturated heterocycles. The Morgan fingerprint density at radius 1 is 1.36 bits per heavy atom. The summed E-state index contributed by atoms with van der Waals surface area (Å²) < 4.78 is 3.52. The van der Waals surface area contributed by atoms with Gasteiger partial charge in [-0.05, 0) is 44.5 Å². The number of nitrogens with zero attached hydrogens (tertiary/aromatic N) is 4. The maximum atomic E-state index is 12.8. The van der Waals surface area contributed by atoms with Gasteiger partial charge in [-0.1, -0.05) is 0 Å². The van der Waals surface area contributed by atoms with Crippen molar-refractivity contribution in [1.82, 2.24) is 19.0 Å². The quantitative estimate of drug-likeness (QED) is 0.725. The summed E-state index contributed by atoms with van der Waals surface area (Å²) in [5, 5.41) is 0. The van der Waals surface area contributed by atoms with E-state index < -0.39 is 0 Å². The van der Waals surface area contributed by atoms with Crippen molar-refractivity contribution in [2.75, 3.05) is 13.1 Å². The molecule has 0 radical (unpaired) electrons. The Morgan fingerprint density at radius 2 is 2.20 bits per heavy atom. The number of likely N-dealkylation sites (tertiary alicyclic amines) is 1. The molecule has 1 amide bonds. The molecule has 0 aliphatic carbocycles. The highest BCUT2D eigenvalue weighted by molar-refractivity contribution is 7.13. The first-order chi connectivity index (χ1) is 12.1. The number of pyridine rings is 1. The number of hydrogen-bond donors (Lipinski definition) is 0. The second kappa shape index (κ2) is 6.15. The van der Waals surface area contributed by atoms with Crippen LogP contribution in [0, 0.1) is 6.92 Å². The molecular formula is C18H20N4O2S. The Labute approximate surface area is 149 Å². The largest absolute Gasteiger partial charge is 0.336 e. The molecule has 1 fully saturated rings. The van der Waals surface area contributed by atoms with E-state index in [1.807, 2.05) is 43.0 Å². The molecule has 1 atom stereocenters. The van der Waals surface area contributed by atoms with Gasteiger partial charge >= 0.3 is 5.69 Å². The minimum absolute atomic E-state index is 0.0253. The molecule has 0 bridgehead atoms. The van der Waals surface area contributed by atoms with Crippen molar-refractivity contribution in [3.63, 3.8) is 0 Å². The summed E-state index contributed by atoms with van der Waals surface area (Å²) in [7, 11) is 0. The maximum absolute atomic E-state index is 12.8. The minimum Gasteiger partial charge on any atom is -0.336 e. The molecule has 0 aromatic carbocycles. The van der Waals surface area contributed by atoms with E-state index >= 15 is 0 Å².